The normalized spacial score (nSPS) is 21.2. The Morgan fingerprint density at radius 1 is 1.44 bits per heavy atom. The van der Waals surface area contributed by atoms with Crippen LogP contribution in [0.4, 0.5) is 10.1 Å². The van der Waals surface area contributed by atoms with Gasteiger partial charge in [0.15, 0.2) is 11.6 Å². The number of hydrogen-bond donors (Lipinski definition) is 2. The van der Waals surface area contributed by atoms with Crippen molar-refractivity contribution in [2.24, 2.45) is 5.41 Å². The van der Waals surface area contributed by atoms with Crippen molar-refractivity contribution in [2.75, 3.05) is 31.6 Å². The van der Waals surface area contributed by atoms with E-state index in [0.29, 0.717) is 37.3 Å². The van der Waals surface area contributed by atoms with E-state index in [1.165, 1.54) is 13.3 Å². The fraction of sp³-hybridized carbons (Fsp3) is 0.522. The predicted molar refractivity (Wildman–Crippen MR) is 116 cm³/mol. The number of ether oxygens (including phenoxy) is 1. The summed E-state index contributed by atoms with van der Waals surface area (Å²) in [5, 5.41) is 21.8. The van der Waals surface area contributed by atoms with Gasteiger partial charge in [-0.15, -0.1) is 0 Å². The number of halogens is 1. The second-order valence-corrected chi connectivity index (χ2v) is 9.11. The van der Waals surface area contributed by atoms with Gasteiger partial charge in [-0.3, -0.25) is 4.79 Å². The van der Waals surface area contributed by atoms with E-state index in [1.807, 2.05) is 4.90 Å². The molecule has 3 aliphatic rings. The highest BCUT2D eigenvalue weighted by Crippen LogP contribution is 2.55. The monoisotopic (exact) mass is 440 g/mol. The van der Waals surface area contributed by atoms with Crippen LogP contribution in [0.15, 0.2) is 17.1 Å². The fourth-order valence-electron chi connectivity index (χ4n) is 5.11. The maximum Gasteiger partial charge on any atom is 0.341 e. The van der Waals surface area contributed by atoms with Crippen LogP contribution >= 0.6 is 0 Å². The summed E-state index contributed by atoms with van der Waals surface area (Å²) >= 11 is 0. The van der Waals surface area contributed by atoms with E-state index in [1.54, 1.807) is 4.57 Å². The standard InChI is InChI=1S/C23H25FN4O4/c1-32-21-18-14(20(29)15(22(30)31)10-28(18)13-3-4-13)9-16(24)19(21)27-11-17(26-8-2-7-25)23(12-27)5-6-23/h9-10,13,17,26H,2-6,8,11-12H2,1H3,(H,30,31). The molecule has 0 amide bonds. The molecule has 8 nitrogen and oxygen atoms in total. The zero-order chi connectivity index (χ0) is 22.6. The molecule has 1 aromatic heterocycles. The molecule has 1 aromatic carbocycles. The highest BCUT2D eigenvalue weighted by atomic mass is 19.1. The molecular weight excluding hydrogens is 415 g/mol. The van der Waals surface area contributed by atoms with Crippen LogP contribution in [-0.4, -0.2) is 48.4 Å². The average molecular weight is 440 g/mol. The minimum absolute atomic E-state index is 0.0268. The Morgan fingerprint density at radius 2 is 2.19 bits per heavy atom. The van der Waals surface area contributed by atoms with Crippen molar-refractivity contribution < 1.29 is 19.0 Å². The summed E-state index contributed by atoms with van der Waals surface area (Å²) in [6.45, 7) is 1.83. The number of carboxylic acids is 1. The molecule has 1 aliphatic heterocycles. The highest BCUT2D eigenvalue weighted by Gasteiger charge is 2.55. The Hall–Kier alpha value is -3.12. The lowest BCUT2D eigenvalue weighted by Crippen LogP contribution is -2.38. The molecule has 1 unspecified atom stereocenters. The average Bonchev–Trinajstić information content (AvgIpc) is 3.67. The van der Waals surface area contributed by atoms with Crippen LogP contribution in [-0.2, 0) is 0 Å². The van der Waals surface area contributed by atoms with Crippen molar-refractivity contribution >= 4 is 22.6 Å². The second-order valence-electron chi connectivity index (χ2n) is 9.11. The first kappa shape index (κ1) is 20.8. The van der Waals surface area contributed by atoms with Crippen LogP contribution in [0.3, 0.4) is 0 Å². The maximum absolute atomic E-state index is 15.5. The van der Waals surface area contributed by atoms with Gasteiger partial charge in [0.1, 0.15) is 11.3 Å². The Labute approximate surface area is 184 Å². The number of nitrogens with one attached hydrogen (secondary N) is 1. The number of aromatic nitrogens is 1. The molecule has 2 saturated carbocycles. The minimum atomic E-state index is -1.32. The first-order valence-electron chi connectivity index (χ1n) is 10.9. The first-order valence-corrected chi connectivity index (χ1v) is 10.9. The molecule has 0 bridgehead atoms. The molecule has 2 heterocycles. The van der Waals surface area contributed by atoms with E-state index < -0.39 is 17.2 Å². The maximum atomic E-state index is 15.5. The molecule has 32 heavy (non-hydrogen) atoms. The van der Waals surface area contributed by atoms with E-state index >= 15 is 4.39 Å². The molecule has 0 radical (unpaired) electrons. The van der Waals surface area contributed by atoms with Gasteiger partial charge in [0.25, 0.3) is 0 Å². The number of carboxylic acid groups (broad SMARTS) is 1. The smallest absolute Gasteiger partial charge is 0.341 e. The summed E-state index contributed by atoms with van der Waals surface area (Å²) < 4.78 is 23.0. The number of carbonyl (C=O) groups is 1. The summed E-state index contributed by atoms with van der Waals surface area (Å²) in [5.74, 6) is -1.64. The van der Waals surface area contributed by atoms with Crippen LogP contribution in [0.1, 0.15) is 48.5 Å². The third kappa shape index (κ3) is 3.21. The summed E-state index contributed by atoms with van der Waals surface area (Å²) in [7, 11) is 1.45. The predicted octanol–water partition coefficient (Wildman–Crippen LogP) is 2.65. The lowest BCUT2D eigenvalue weighted by Gasteiger charge is -2.25. The zero-order valence-electron chi connectivity index (χ0n) is 17.9. The Balaban J connectivity index is 1.64. The number of anilines is 1. The number of nitrogens with zero attached hydrogens (tertiary/aromatic N) is 3. The third-order valence-electron chi connectivity index (χ3n) is 7.06. The van der Waals surface area contributed by atoms with Crippen molar-refractivity contribution in [1.29, 1.82) is 5.26 Å². The first-order chi connectivity index (χ1) is 15.4. The van der Waals surface area contributed by atoms with Gasteiger partial charge >= 0.3 is 5.97 Å². The lowest BCUT2D eigenvalue weighted by atomic mass is 10.0. The van der Waals surface area contributed by atoms with Crippen LogP contribution in [0.25, 0.3) is 10.9 Å². The van der Waals surface area contributed by atoms with Gasteiger partial charge in [-0.2, -0.15) is 5.26 Å². The molecule has 5 rings (SSSR count). The number of methoxy groups -OCH3 is 1. The van der Waals surface area contributed by atoms with Crippen molar-refractivity contribution in [3.05, 3.63) is 33.9 Å². The van der Waals surface area contributed by atoms with E-state index in [9.17, 15) is 14.7 Å². The highest BCUT2D eigenvalue weighted by molar-refractivity contribution is 5.97. The summed E-state index contributed by atoms with van der Waals surface area (Å²) in [6, 6.07) is 3.52. The number of pyridine rings is 1. The lowest BCUT2D eigenvalue weighted by molar-refractivity contribution is 0.0695. The number of aromatic carboxylic acids is 1. The van der Waals surface area contributed by atoms with Crippen LogP contribution in [0, 0.1) is 22.6 Å². The van der Waals surface area contributed by atoms with Gasteiger partial charge in [-0.05, 0) is 31.7 Å². The molecule has 2 aromatic rings. The largest absolute Gasteiger partial charge is 0.492 e. The SMILES string of the molecule is COc1c(N2CC(NCCC#N)C3(CC3)C2)c(F)cc2c(=O)c(C(=O)O)cn(C3CC3)c12. The van der Waals surface area contributed by atoms with Crippen molar-refractivity contribution in [3.63, 3.8) is 0 Å². The second kappa shape index (κ2) is 7.48. The van der Waals surface area contributed by atoms with E-state index in [0.717, 1.165) is 31.7 Å². The Morgan fingerprint density at radius 3 is 2.78 bits per heavy atom. The molecular formula is C23H25FN4O4. The van der Waals surface area contributed by atoms with Crippen molar-refractivity contribution in [1.82, 2.24) is 9.88 Å². The molecule has 2 N–H and O–H groups in total. The number of hydrogen-bond acceptors (Lipinski definition) is 6. The fourth-order valence-corrected chi connectivity index (χ4v) is 5.11. The van der Waals surface area contributed by atoms with Gasteiger partial charge in [0.2, 0.25) is 5.43 Å². The molecule has 9 heteroatoms. The molecule has 3 fully saturated rings. The number of benzene rings is 1. The molecule has 1 spiro atoms. The molecule has 1 saturated heterocycles. The van der Waals surface area contributed by atoms with Gasteiger partial charge in [0, 0.05) is 49.8 Å². The van der Waals surface area contributed by atoms with E-state index in [2.05, 4.69) is 11.4 Å². The zero-order valence-corrected chi connectivity index (χ0v) is 17.9. The molecule has 168 valence electrons. The Kier molecular flexibility index (Phi) is 4.86. The van der Waals surface area contributed by atoms with Crippen LogP contribution in [0.5, 0.6) is 5.75 Å². The van der Waals surface area contributed by atoms with Gasteiger partial charge in [-0.25, -0.2) is 9.18 Å². The third-order valence-corrected chi connectivity index (χ3v) is 7.06. The van der Waals surface area contributed by atoms with Crippen molar-refractivity contribution in [2.45, 2.75) is 44.2 Å². The van der Waals surface area contributed by atoms with Gasteiger partial charge in [-0.1, -0.05) is 0 Å². The Bertz CT molecular complexity index is 1210. The van der Waals surface area contributed by atoms with E-state index in [4.69, 9.17) is 10.00 Å². The number of rotatable bonds is 7. The van der Waals surface area contributed by atoms with Gasteiger partial charge < -0.3 is 24.6 Å². The topological polar surface area (TPSA) is 108 Å². The van der Waals surface area contributed by atoms with Gasteiger partial charge in [0.05, 0.1) is 24.1 Å². The number of fused-ring (bicyclic) bond motifs is 1. The molecule has 1 atom stereocenters. The summed E-state index contributed by atoms with van der Waals surface area (Å²) in [6.07, 6.45) is 5.60. The van der Waals surface area contributed by atoms with Crippen molar-refractivity contribution in [3.8, 4) is 11.8 Å². The van der Waals surface area contributed by atoms with Crippen LogP contribution in [0.2, 0.25) is 0 Å². The quantitative estimate of drug-likeness (QED) is 0.638. The number of nitriles is 1. The minimum Gasteiger partial charge on any atom is -0.492 e. The summed E-state index contributed by atoms with van der Waals surface area (Å²) in [5.41, 5.74) is -0.242. The molecule has 2 aliphatic carbocycles. The summed E-state index contributed by atoms with van der Waals surface area (Å²) in [4.78, 5) is 26.5. The van der Waals surface area contributed by atoms with E-state index in [-0.39, 0.29) is 34.2 Å². The van der Waals surface area contributed by atoms with Crippen LogP contribution < -0.4 is 20.4 Å².